The van der Waals surface area contributed by atoms with E-state index >= 15 is 0 Å². The van der Waals surface area contributed by atoms with Crippen LogP contribution in [0.25, 0.3) is 0 Å². The van der Waals surface area contributed by atoms with Gasteiger partial charge in [0.05, 0.1) is 6.16 Å². The molecule has 18 heavy (non-hydrogen) atoms. The maximum absolute atomic E-state index is 12.5. The Kier molecular flexibility index (Phi) is 3.42. The highest BCUT2D eigenvalue weighted by molar-refractivity contribution is 7.59. The molecular formula is C13H16NO3P. The van der Waals surface area contributed by atoms with Crippen molar-refractivity contribution in [2.24, 2.45) is 5.92 Å². The lowest BCUT2D eigenvalue weighted by atomic mass is 10.2. The summed E-state index contributed by atoms with van der Waals surface area (Å²) >= 11 is 0. The molecule has 0 bridgehead atoms. The van der Waals surface area contributed by atoms with Crippen LogP contribution in [-0.2, 0) is 15.5 Å². The van der Waals surface area contributed by atoms with Crippen molar-refractivity contribution in [2.75, 3.05) is 0 Å². The standard InChI is InChI=1S/C13H16NO3P/c1-2-12-8-13(12,14-10-15)18(16,17)9-11-6-4-3-5-7-11/h2-7,10,12H,1,8-9H2,(H,14,15)(H,16,17)/t12?,13-/m0/s1. The number of rotatable bonds is 6. The third kappa shape index (κ3) is 2.14. The molecule has 1 aromatic carbocycles. The molecule has 2 N–H and O–H groups in total. The Morgan fingerprint density at radius 2 is 2.17 bits per heavy atom. The lowest BCUT2D eigenvalue weighted by molar-refractivity contribution is -0.110. The number of hydrogen-bond acceptors (Lipinski definition) is 2. The molecule has 3 atom stereocenters. The lowest BCUT2D eigenvalue weighted by Gasteiger charge is -2.23. The summed E-state index contributed by atoms with van der Waals surface area (Å²) in [4.78, 5) is 20.9. The van der Waals surface area contributed by atoms with Crippen LogP contribution in [0.2, 0.25) is 0 Å². The maximum Gasteiger partial charge on any atom is 0.230 e. The quantitative estimate of drug-likeness (QED) is 0.470. The Morgan fingerprint density at radius 3 is 2.67 bits per heavy atom. The highest BCUT2D eigenvalue weighted by Crippen LogP contribution is 2.70. The molecule has 0 saturated heterocycles. The fourth-order valence-corrected chi connectivity index (χ4v) is 4.65. The average molecular weight is 265 g/mol. The number of amides is 1. The predicted molar refractivity (Wildman–Crippen MR) is 70.2 cm³/mol. The first kappa shape index (κ1) is 13.1. The van der Waals surface area contributed by atoms with Crippen LogP contribution in [0, 0.1) is 5.92 Å². The highest BCUT2D eigenvalue weighted by atomic mass is 31.2. The molecule has 1 aliphatic carbocycles. The number of benzene rings is 1. The Labute approximate surface area is 106 Å². The number of nitrogens with one attached hydrogen (secondary N) is 1. The first-order valence-electron chi connectivity index (χ1n) is 5.75. The Morgan fingerprint density at radius 1 is 1.50 bits per heavy atom. The molecule has 1 fully saturated rings. The van der Waals surface area contributed by atoms with Gasteiger partial charge in [-0.3, -0.25) is 9.36 Å². The molecule has 0 radical (unpaired) electrons. The molecule has 96 valence electrons. The van der Waals surface area contributed by atoms with Crippen LogP contribution >= 0.6 is 7.37 Å². The van der Waals surface area contributed by atoms with Gasteiger partial charge >= 0.3 is 0 Å². The minimum Gasteiger partial charge on any atom is -0.344 e. The van der Waals surface area contributed by atoms with Crippen molar-refractivity contribution in [3.8, 4) is 0 Å². The van der Waals surface area contributed by atoms with Crippen molar-refractivity contribution in [3.63, 3.8) is 0 Å². The monoisotopic (exact) mass is 265 g/mol. The molecule has 1 amide bonds. The summed E-state index contributed by atoms with van der Waals surface area (Å²) in [7, 11) is -3.51. The summed E-state index contributed by atoms with van der Waals surface area (Å²) in [5, 5.41) is 1.52. The van der Waals surface area contributed by atoms with E-state index in [4.69, 9.17) is 0 Å². The van der Waals surface area contributed by atoms with Gasteiger partial charge in [0.1, 0.15) is 5.28 Å². The molecule has 1 aromatic rings. The molecule has 4 nitrogen and oxygen atoms in total. The van der Waals surface area contributed by atoms with Crippen LogP contribution in [0.15, 0.2) is 43.0 Å². The first-order valence-corrected chi connectivity index (χ1v) is 7.60. The van der Waals surface area contributed by atoms with Crippen LogP contribution in [-0.4, -0.2) is 16.6 Å². The van der Waals surface area contributed by atoms with Gasteiger partial charge in [-0.15, -0.1) is 6.58 Å². The Hall–Kier alpha value is -1.38. The summed E-state index contributed by atoms with van der Waals surface area (Å²) in [6.07, 6.45) is 2.68. The summed E-state index contributed by atoms with van der Waals surface area (Å²) in [6, 6.07) is 9.13. The Bertz CT molecular complexity index is 502. The fraction of sp³-hybridized carbons (Fsp3) is 0.308. The van der Waals surface area contributed by atoms with Crippen molar-refractivity contribution in [1.82, 2.24) is 5.32 Å². The van der Waals surface area contributed by atoms with E-state index in [0.29, 0.717) is 12.8 Å². The molecule has 1 aliphatic rings. The van der Waals surface area contributed by atoms with E-state index in [1.54, 1.807) is 6.08 Å². The smallest absolute Gasteiger partial charge is 0.230 e. The lowest BCUT2D eigenvalue weighted by Crippen LogP contribution is -2.32. The van der Waals surface area contributed by atoms with Crippen LogP contribution < -0.4 is 5.32 Å². The zero-order valence-electron chi connectivity index (χ0n) is 9.95. The SMILES string of the molecule is C=CC1C[C@]1(NC=O)P(=O)(O)Cc1ccccc1. The molecule has 0 spiro atoms. The molecule has 0 aromatic heterocycles. The third-order valence-corrected chi connectivity index (χ3v) is 6.13. The van der Waals surface area contributed by atoms with Gasteiger partial charge in [-0.25, -0.2) is 0 Å². The summed E-state index contributed by atoms with van der Waals surface area (Å²) in [6.45, 7) is 3.63. The second-order valence-corrected chi connectivity index (χ2v) is 7.10. The van der Waals surface area contributed by atoms with E-state index in [2.05, 4.69) is 11.9 Å². The summed E-state index contributed by atoms with van der Waals surface area (Å²) in [5.74, 6) is -0.123. The third-order valence-electron chi connectivity index (χ3n) is 3.44. The van der Waals surface area contributed by atoms with Gasteiger partial charge < -0.3 is 10.2 Å². The normalized spacial score (nSPS) is 29.1. The van der Waals surface area contributed by atoms with Crippen LogP contribution in [0.5, 0.6) is 0 Å². The Balaban J connectivity index is 2.22. The van der Waals surface area contributed by atoms with Gasteiger partial charge in [0.15, 0.2) is 0 Å². The second-order valence-electron chi connectivity index (χ2n) is 4.58. The van der Waals surface area contributed by atoms with Crippen LogP contribution in [0.3, 0.4) is 0 Å². The number of hydrogen-bond donors (Lipinski definition) is 2. The van der Waals surface area contributed by atoms with Crippen LogP contribution in [0.1, 0.15) is 12.0 Å². The van der Waals surface area contributed by atoms with Crippen LogP contribution in [0.4, 0.5) is 0 Å². The molecule has 2 unspecified atom stereocenters. The molecule has 0 aliphatic heterocycles. The fourth-order valence-electron chi connectivity index (χ4n) is 2.30. The van der Waals surface area contributed by atoms with E-state index in [0.717, 1.165) is 5.56 Å². The zero-order chi connectivity index (χ0) is 13.2. The minimum absolute atomic E-state index is 0.0685. The van der Waals surface area contributed by atoms with E-state index in [-0.39, 0.29) is 12.1 Å². The van der Waals surface area contributed by atoms with Crippen molar-refractivity contribution in [1.29, 1.82) is 0 Å². The zero-order valence-corrected chi connectivity index (χ0v) is 10.8. The van der Waals surface area contributed by atoms with E-state index in [1.165, 1.54) is 0 Å². The van der Waals surface area contributed by atoms with E-state index in [1.807, 2.05) is 30.3 Å². The number of carbonyl (C=O) groups is 1. The molecule has 5 heteroatoms. The molecule has 2 rings (SSSR count). The molecule has 1 saturated carbocycles. The highest BCUT2D eigenvalue weighted by Gasteiger charge is 2.64. The summed E-state index contributed by atoms with van der Waals surface area (Å²) < 4.78 is 12.5. The largest absolute Gasteiger partial charge is 0.344 e. The van der Waals surface area contributed by atoms with Gasteiger partial charge in [-0.2, -0.15) is 0 Å². The van der Waals surface area contributed by atoms with Gasteiger partial charge in [0.25, 0.3) is 0 Å². The first-order chi connectivity index (χ1) is 8.55. The topological polar surface area (TPSA) is 66.4 Å². The van der Waals surface area contributed by atoms with Gasteiger partial charge in [-0.1, -0.05) is 36.4 Å². The summed E-state index contributed by atoms with van der Waals surface area (Å²) in [5.41, 5.74) is 0.796. The van der Waals surface area contributed by atoms with Crippen molar-refractivity contribution >= 4 is 13.8 Å². The van der Waals surface area contributed by atoms with Gasteiger partial charge in [0, 0.05) is 5.92 Å². The maximum atomic E-state index is 12.5. The van der Waals surface area contributed by atoms with E-state index in [9.17, 15) is 14.3 Å². The predicted octanol–water partition coefficient (Wildman–Crippen LogP) is 2.11. The molecular weight excluding hydrogens is 249 g/mol. The van der Waals surface area contributed by atoms with Crippen molar-refractivity contribution in [2.45, 2.75) is 17.9 Å². The van der Waals surface area contributed by atoms with Gasteiger partial charge in [0.2, 0.25) is 13.8 Å². The minimum atomic E-state index is -3.51. The number of carbonyl (C=O) groups excluding carboxylic acids is 1. The molecule has 0 heterocycles. The van der Waals surface area contributed by atoms with E-state index < -0.39 is 12.6 Å². The van der Waals surface area contributed by atoms with Crippen molar-refractivity contribution < 1.29 is 14.3 Å². The van der Waals surface area contributed by atoms with Gasteiger partial charge in [-0.05, 0) is 12.0 Å². The second kappa shape index (κ2) is 4.71. The average Bonchev–Trinajstić information content (AvgIpc) is 3.06. The van der Waals surface area contributed by atoms with Crippen molar-refractivity contribution in [3.05, 3.63) is 48.6 Å².